The smallest absolute Gasteiger partial charge is 0.168 e. The Morgan fingerprint density at radius 2 is 2.32 bits per heavy atom. The van der Waals surface area contributed by atoms with E-state index in [-0.39, 0.29) is 16.2 Å². The summed E-state index contributed by atoms with van der Waals surface area (Å²) >= 11 is 11.2. The number of carbonyl (C=O) groups is 1. The van der Waals surface area contributed by atoms with E-state index in [0.29, 0.717) is 24.2 Å². The molecule has 5 nitrogen and oxygen atoms in total. The highest BCUT2D eigenvalue weighted by molar-refractivity contribution is 6.55. The topological polar surface area (TPSA) is 71.0 Å². The Bertz CT molecular complexity index is 711. The van der Waals surface area contributed by atoms with Gasteiger partial charge in [0, 0.05) is 24.6 Å². The monoisotopic (exact) mass is 380 g/mol. The molecule has 1 aromatic rings. The summed E-state index contributed by atoms with van der Waals surface area (Å²) in [5.41, 5.74) is 1.27. The van der Waals surface area contributed by atoms with Crippen LogP contribution in [-0.4, -0.2) is 21.3 Å². The van der Waals surface area contributed by atoms with Gasteiger partial charge in [-0.2, -0.15) is 10.4 Å². The molecule has 0 amide bonds. The maximum atomic E-state index is 12.3. The number of Topliss-reactive ketones (excluding diaryl/α,β-unsaturated/α-hetero) is 1. The average molecular weight is 381 g/mol. The number of aliphatic imine (C=N–C) groups is 1. The highest BCUT2D eigenvalue weighted by Crippen LogP contribution is 2.27. The number of ketones is 1. The lowest BCUT2D eigenvalue weighted by Crippen LogP contribution is -2.24. The number of halogens is 2. The van der Waals surface area contributed by atoms with Crippen LogP contribution < -0.4 is 0 Å². The van der Waals surface area contributed by atoms with Crippen LogP contribution in [0.15, 0.2) is 21.8 Å². The second kappa shape index (κ2) is 9.74. The molecular weight excluding hydrogens is 359 g/mol. The van der Waals surface area contributed by atoms with Crippen LogP contribution in [-0.2, 0) is 11.3 Å². The first-order valence-corrected chi connectivity index (χ1v) is 9.37. The Hall–Kier alpha value is -1.64. The second-order valence-corrected chi connectivity index (χ2v) is 7.22. The number of hydrogen-bond acceptors (Lipinski definition) is 4. The molecule has 1 aromatic heterocycles. The quantitative estimate of drug-likeness (QED) is 0.617. The summed E-state index contributed by atoms with van der Waals surface area (Å²) < 4.78 is 1.97. The molecule has 1 aliphatic carbocycles. The van der Waals surface area contributed by atoms with Crippen LogP contribution in [0.1, 0.15) is 57.4 Å². The number of nitrogens with zero attached hydrogens (tertiary/aromatic N) is 4. The van der Waals surface area contributed by atoms with Crippen LogP contribution in [0.2, 0.25) is 0 Å². The van der Waals surface area contributed by atoms with Crippen molar-refractivity contribution >= 4 is 40.5 Å². The molecule has 0 bridgehead atoms. The number of hydrogen-bond donors (Lipinski definition) is 0. The summed E-state index contributed by atoms with van der Waals surface area (Å²) in [6.45, 7) is 2.87. The summed E-state index contributed by atoms with van der Waals surface area (Å²) in [5.74, 6) is 0.659. The van der Waals surface area contributed by atoms with E-state index in [4.69, 9.17) is 23.2 Å². The fourth-order valence-corrected chi connectivity index (χ4v) is 3.09. The van der Waals surface area contributed by atoms with E-state index in [0.717, 1.165) is 44.4 Å². The standard InChI is InChI=1S/C18H22Cl2N4O/c1-2-3-4-9-24-18(14(11-21)12-22-24)23-15-7-5-13(16(25)10-15)6-8-17(19)20/h8,12-13H,2-7,9-10H2,1H3. The van der Waals surface area contributed by atoms with Crippen molar-refractivity contribution < 1.29 is 4.79 Å². The summed E-state index contributed by atoms with van der Waals surface area (Å²) in [5, 5.41) is 13.6. The first-order chi connectivity index (χ1) is 12.0. The molecule has 1 aliphatic rings. The molecule has 0 aliphatic heterocycles. The predicted molar refractivity (Wildman–Crippen MR) is 100 cm³/mol. The second-order valence-electron chi connectivity index (χ2n) is 6.21. The highest BCUT2D eigenvalue weighted by Gasteiger charge is 2.25. The molecule has 1 fully saturated rings. The molecule has 0 radical (unpaired) electrons. The van der Waals surface area contributed by atoms with Crippen LogP contribution >= 0.6 is 23.2 Å². The molecule has 0 spiro atoms. The molecule has 25 heavy (non-hydrogen) atoms. The summed E-state index contributed by atoms with van der Waals surface area (Å²) in [7, 11) is 0. The fraction of sp³-hybridized carbons (Fsp3) is 0.556. The number of carbonyl (C=O) groups excluding carboxylic acids is 1. The van der Waals surface area contributed by atoms with Gasteiger partial charge in [0.15, 0.2) is 5.82 Å². The third kappa shape index (κ3) is 5.69. The Morgan fingerprint density at radius 1 is 1.52 bits per heavy atom. The maximum Gasteiger partial charge on any atom is 0.168 e. The van der Waals surface area contributed by atoms with Crippen molar-refractivity contribution in [2.24, 2.45) is 10.9 Å². The van der Waals surface area contributed by atoms with E-state index in [9.17, 15) is 10.1 Å². The number of allylic oxidation sites excluding steroid dienone is 1. The molecular formula is C18H22Cl2N4O. The molecule has 1 unspecified atom stereocenters. The van der Waals surface area contributed by atoms with Crippen LogP contribution in [0.4, 0.5) is 5.82 Å². The highest BCUT2D eigenvalue weighted by atomic mass is 35.5. The largest absolute Gasteiger partial charge is 0.299 e. The van der Waals surface area contributed by atoms with Gasteiger partial charge in [-0.15, -0.1) is 0 Å². The van der Waals surface area contributed by atoms with E-state index in [2.05, 4.69) is 23.1 Å². The van der Waals surface area contributed by atoms with Crippen LogP contribution in [0.5, 0.6) is 0 Å². The zero-order chi connectivity index (χ0) is 18.2. The minimum absolute atomic E-state index is 0.0589. The zero-order valence-electron chi connectivity index (χ0n) is 14.3. The lowest BCUT2D eigenvalue weighted by molar-refractivity contribution is -0.122. The van der Waals surface area contributed by atoms with Crippen molar-refractivity contribution in [1.82, 2.24) is 9.78 Å². The summed E-state index contributed by atoms with van der Waals surface area (Å²) in [6.07, 6.45) is 8.76. The van der Waals surface area contributed by atoms with Gasteiger partial charge < -0.3 is 0 Å². The third-order valence-electron chi connectivity index (χ3n) is 4.34. The van der Waals surface area contributed by atoms with E-state index >= 15 is 0 Å². The van der Waals surface area contributed by atoms with E-state index in [1.165, 1.54) is 0 Å². The van der Waals surface area contributed by atoms with Gasteiger partial charge in [-0.05, 0) is 25.7 Å². The lowest BCUT2D eigenvalue weighted by Gasteiger charge is -2.21. The predicted octanol–water partition coefficient (Wildman–Crippen LogP) is 5.10. The Morgan fingerprint density at radius 3 is 2.96 bits per heavy atom. The van der Waals surface area contributed by atoms with Crippen molar-refractivity contribution in [3.8, 4) is 6.07 Å². The molecule has 0 N–H and O–H groups in total. The Kier molecular flexibility index (Phi) is 7.67. The molecule has 1 saturated carbocycles. The normalized spacial score (nSPS) is 19.0. The molecule has 134 valence electrons. The Labute approximate surface area is 158 Å². The van der Waals surface area contributed by atoms with Gasteiger partial charge in [0.2, 0.25) is 0 Å². The van der Waals surface area contributed by atoms with Gasteiger partial charge in [0.05, 0.1) is 6.20 Å². The van der Waals surface area contributed by atoms with Gasteiger partial charge in [-0.25, -0.2) is 9.67 Å². The van der Waals surface area contributed by atoms with Crippen LogP contribution in [0.25, 0.3) is 0 Å². The third-order valence-corrected chi connectivity index (χ3v) is 4.65. The van der Waals surface area contributed by atoms with Crippen molar-refractivity contribution in [2.45, 2.75) is 58.4 Å². The Balaban J connectivity index is 2.10. The number of aryl methyl sites for hydroxylation is 1. The average Bonchev–Trinajstić information content (AvgIpc) is 2.96. The van der Waals surface area contributed by atoms with Crippen LogP contribution in [0, 0.1) is 17.2 Å². The zero-order valence-corrected chi connectivity index (χ0v) is 15.9. The van der Waals surface area contributed by atoms with Crippen molar-refractivity contribution in [3.05, 3.63) is 22.3 Å². The van der Waals surface area contributed by atoms with Gasteiger partial charge in [0.25, 0.3) is 0 Å². The fourth-order valence-electron chi connectivity index (χ4n) is 2.91. The van der Waals surface area contributed by atoms with E-state index < -0.39 is 0 Å². The van der Waals surface area contributed by atoms with Gasteiger partial charge in [0.1, 0.15) is 21.9 Å². The van der Waals surface area contributed by atoms with Crippen LogP contribution in [0.3, 0.4) is 0 Å². The van der Waals surface area contributed by atoms with Crippen molar-refractivity contribution in [3.63, 3.8) is 0 Å². The summed E-state index contributed by atoms with van der Waals surface area (Å²) in [6, 6.07) is 2.14. The molecule has 0 aromatic carbocycles. The molecule has 0 saturated heterocycles. The van der Waals surface area contributed by atoms with Gasteiger partial charge >= 0.3 is 0 Å². The molecule has 1 heterocycles. The number of nitriles is 1. The lowest BCUT2D eigenvalue weighted by atomic mass is 9.84. The number of aromatic nitrogens is 2. The first-order valence-electron chi connectivity index (χ1n) is 8.61. The SMILES string of the molecule is CCCCCn1ncc(C#N)c1N=C1CCC(CC=C(Cl)Cl)C(=O)C1. The summed E-state index contributed by atoms with van der Waals surface area (Å²) in [4.78, 5) is 16.9. The minimum Gasteiger partial charge on any atom is -0.299 e. The maximum absolute atomic E-state index is 12.3. The molecule has 7 heteroatoms. The van der Waals surface area contributed by atoms with Gasteiger partial charge in [-0.3, -0.25) is 4.79 Å². The van der Waals surface area contributed by atoms with Crippen molar-refractivity contribution in [1.29, 1.82) is 5.26 Å². The van der Waals surface area contributed by atoms with Gasteiger partial charge in [-0.1, -0.05) is 49.0 Å². The molecule has 1 atom stereocenters. The number of rotatable bonds is 7. The number of unbranched alkanes of at least 4 members (excludes halogenated alkanes) is 2. The first kappa shape index (κ1) is 19.7. The van der Waals surface area contributed by atoms with Crippen molar-refractivity contribution in [2.75, 3.05) is 0 Å². The van der Waals surface area contributed by atoms with E-state index in [1.54, 1.807) is 17.0 Å². The molecule has 2 rings (SSSR count). The minimum atomic E-state index is -0.0589. The van der Waals surface area contributed by atoms with E-state index in [1.807, 2.05) is 0 Å².